The molecule has 0 spiro atoms. The first-order valence-corrected chi connectivity index (χ1v) is 6.44. The highest BCUT2D eigenvalue weighted by Gasteiger charge is 2.24. The van der Waals surface area contributed by atoms with Gasteiger partial charge in [0.15, 0.2) is 0 Å². The van der Waals surface area contributed by atoms with Crippen LogP contribution in [0.4, 0.5) is 0 Å². The third-order valence-corrected chi connectivity index (χ3v) is 4.02. The Morgan fingerprint density at radius 1 is 1.35 bits per heavy atom. The van der Waals surface area contributed by atoms with E-state index in [-0.39, 0.29) is 0 Å². The first-order chi connectivity index (χ1) is 8.22. The summed E-state index contributed by atoms with van der Waals surface area (Å²) in [7, 11) is 0. The average molecular weight is 228 g/mol. The minimum absolute atomic E-state index is 0.621. The highest BCUT2D eigenvalue weighted by Crippen LogP contribution is 2.25. The normalized spacial score (nSPS) is 25.5. The number of nitriles is 1. The van der Waals surface area contributed by atoms with Gasteiger partial charge in [-0.15, -0.1) is 0 Å². The van der Waals surface area contributed by atoms with Crippen LogP contribution in [0.5, 0.6) is 0 Å². The van der Waals surface area contributed by atoms with Crippen molar-refractivity contribution in [3.8, 4) is 6.07 Å². The number of hydrogen-bond donors (Lipinski definition) is 0. The maximum absolute atomic E-state index is 9.10. The molecule has 17 heavy (non-hydrogen) atoms. The van der Waals surface area contributed by atoms with E-state index in [1.54, 1.807) is 0 Å². The van der Waals surface area contributed by atoms with E-state index in [4.69, 9.17) is 5.26 Å². The van der Waals surface area contributed by atoms with E-state index in [0.717, 1.165) is 30.1 Å². The molecule has 1 aliphatic heterocycles. The van der Waals surface area contributed by atoms with Crippen LogP contribution in [0.3, 0.4) is 0 Å². The highest BCUT2D eigenvalue weighted by atomic mass is 15.2. The van der Waals surface area contributed by atoms with Gasteiger partial charge in [-0.05, 0) is 43.9 Å². The van der Waals surface area contributed by atoms with Crippen LogP contribution in [0.25, 0.3) is 0 Å². The fourth-order valence-corrected chi connectivity index (χ4v) is 2.63. The van der Waals surface area contributed by atoms with Gasteiger partial charge in [0.2, 0.25) is 0 Å². The molecule has 1 saturated heterocycles. The molecule has 1 aliphatic rings. The van der Waals surface area contributed by atoms with E-state index in [0.29, 0.717) is 6.04 Å². The van der Waals surface area contributed by atoms with Gasteiger partial charge in [-0.25, -0.2) is 0 Å². The highest BCUT2D eigenvalue weighted by molar-refractivity contribution is 5.37. The van der Waals surface area contributed by atoms with E-state index >= 15 is 0 Å². The second-order valence-corrected chi connectivity index (χ2v) is 5.10. The zero-order valence-corrected chi connectivity index (χ0v) is 10.7. The first kappa shape index (κ1) is 12.1. The Balaban J connectivity index is 2.12. The van der Waals surface area contributed by atoms with Crippen molar-refractivity contribution in [1.82, 2.24) is 4.90 Å². The summed E-state index contributed by atoms with van der Waals surface area (Å²) < 4.78 is 0. The van der Waals surface area contributed by atoms with Crippen molar-refractivity contribution in [3.05, 3.63) is 35.4 Å². The number of hydrogen-bond acceptors (Lipinski definition) is 2. The second-order valence-electron chi connectivity index (χ2n) is 5.10. The van der Waals surface area contributed by atoms with Crippen molar-refractivity contribution in [3.63, 3.8) is 0 Å². The third-order valence-electron chi connectivity index (χ3n) is 4.02. The number of likely N-dealkylation sites (tertiary alicyclic amines) is 1. The van der Waals surface area contributed by atoms with Crippen LogP contribution in [-0.2, 0) is 6.54 Å². The summed E-state index contributed by atoms with van der Waals surface area (Å²) in [5, 5.41) is 9.10. The van der Waals surface area contributed by atoms with Crippen LogP contribution in [0.1, 0.15) is 37.8 Å². The summed E-state index contributed by atoms with van der Waals surface area (Å²) in [5.74, 6) is 0.762. The molecule has 0 bridgehead atoms. The standard InChI is InChI=1S/C15H20N2/c1-12-6-5-9-17(13(12)2)11-15-8-4-3-7-14(15)10-16/h3-4,7-8,12-13H,5-6,9,11H2,1-2H3. The van der Waals surface area contributed by atoms with Crippen LogP contribution in [0.2, 0.25) is 0 Å². The average Bonchev–Trinajstić information content (AvgIpc) is 2.35. The van der Waals surface area contributed by atoms with Gasteiger partial charge >= 0.3 is 0 Å². The molecule has 2 rings (SSSR count). The predicted molar refractivity (Wildman–Crippen MR) is 69.4 cm³/mol. The Labute approximate surface area is 104 Å². The predicted octanol–water partition coefficient (Wildman–Crippen LogP) is 3.18. The minimum Gasteiger partial charge on any atom is -0.296 e. The molecule has 2 heteroatoms. The van der Waals surface area contributed by atoms with Crippen LogP contribution >= 0.6 is 0 Å². The van der Waals surface area contributed by atoms with E-state index in [9.17, 15) is 0 Å². The van der Waals surface area contributed by atoms with Gasteiger partial charge in [0.05, 0.1) is 11.6 Å². The lowest BCUT2D eigenvalue weighted by Gasteiger charge is -2.38. The summed E-state index contributed by atoms with van der Waals surface area (Å²) in [6.45, 7) is 6.70. The van der Waals surface area contributed by atoms with Gasteiger partial charge in [-0.2, -0.15) is 5.26 Å². The molecule has 0 saturated carbocycles. The molecule has 1 fully saturated rings. The Morgan fingerprint density at radius 3 is 2.88 bits per heavy atom. The van der Waals surface area contributed by atoms with Crippen molar-refractivity contribution in [2.75, 3.05) is 6.54 Å². The van der Waals surface area contributed by atoms with Gasteiger partial charge < -0.3 is 0 Å². The van der Waals surface area contributed by atoms with Crippen LogP contribution < -0.4 is 0 Å². The van der Waals surface area contributed by atoms with Crippen molar-refractivity contribution in [2.24, 2.45) is 5.92 Å². The quantitative estimate of drug-likeness (QED) is 0.777. The monoisotopic (exact) mass is 228 g/mol. The smallest absolute Gasteiger partial charge is 0.0995 e. The largest absolute Gasteiger partial charge is 0.296 e. The van der Waals surface area contributed by atoms with Crippen molar-refractivity contribution < 1.29 is 0 Å². The lowest BCUT2D eigenvalue weighted by Crippen LogP contribution is -2.41. The molecule has 0 aromatic heterocycles. The maximum atomic E-state index is 9.10. The Bertz CT molecular complexity index is 419. The molecule has 1 aromatic rings. The van der Waals surface area contributed by atoms with Crippen LogP contribution in [0.15, 0.2) is 24.3 Å². The topological polar surface area (TPSA) is 27.0 Å². The van der Waals surface area contributed by atoms with Crippen LogP contribution in [0, 0.1) is 17.2 Å². The van der Waals surface area contributed by atoms with Gasteiger partial charge in [0, 0.05) is 12.6 Å². The zero-order chi connectivity index (χ0) is 12.3. The fourth-order valence-electron chi connectivity index (χ4n) is 2.63. The minimum atomic E-state index is 0.621. The Hall–Kier alpha value is -1.33. The Kier molecular flexibility index (Phi) is 3.81. The van der Waals surface area contributed by atoms with Gasteiger partial charge in [-0.1, -0.05) is 25.1 Å². The zero-order valence-electron chi connectivity index (χ0n) is 10.7. The molecular weight excluding hydrogens is 208 g/mol. The maximum Gasteiger partial charge on any atom is 0.0995 e. The molecule has 1 heterocycles. The molecule has 2 nitrogen and oxygen atoms in total. The Morgan fingerprint density at radius 2 is 2.12 bits per heavy atom. The van der Waals surface area contributed by atoms with E-state index in [1.807, 2.05) is 18.2 Å². The molecule has 2 atom stereocenters. The van der Waals surface area contributed by atoms with Gasteiger partial charge in [0.1, 0.15) is 0 Å². The van der Waals surface area contributed by atoms with E-state index in [2.05, 4.69) is 30.9 Å². The number of benzene rings is 1. The molecule has 2 unspecified atom stereocenters. The number of rotatable bonds is 2. The molecule has 90 valence electrons. The molecule has 0 amide bonds. The van der Waals surface area contributed by atoms with E-state index in [1.165, 1.54) is 12.8 Å². The molecule has 0 N–H and O–H groups in total. The number of piperidine rings is 1. The third kappa shape index (κ3) is 2.68. The number of nitrogens with zero attached hydrogens (tertiary/aromatic N) is 2. The van der Waals surface area contributed by atoms with Crippen molar-refractivity contribution >= 4 is 0 Å². The summed E-state index contributed by atoms with van der Waals surface area (Å²) in [5.41, 5.74) is 1.98. The summed E-state index contributed by atoms with van der Waals surface area (Å²) in [6, 6.07) is 10.8. The summed E-state index contributed by atoms with van der Waals surface area (Å²) in [4.78, 5) is 2.50. The SMILES string of the molecule is CC1CCCN(Cc2ccccc2C#N)C1C. The molecule has 0 aliphatic carbocycles. The first-order valence-electron chi connectivity index (χ1n) is 6.44. The lowest BCUT2D eigenvalue weighted by molar-refractivity contribution is 0.106. The van der Waals surface area contributed by atoms with Gasteiger partial charge in [-0.3, -0.25) is 4.90 Å². The molecule has 1 aromatic carbocycles. The lowest BCUT2D eigenvalue weighted by atomic mass is 9.91. The molecular formula is C15H20N2. The van der Waals surface area contributed by atoms with Crippen molar-refractivity contribution in [2.45, 2.75) is 39.3 Å². The van der Waals surface area contributed by atoms with Crippen molar-refractivity contribution in [1.29, 1.82) is 5.26 Å². The van der Waals surface area contributed by atoms with E-state index < -0.39 is 0 Å². The summed E-state index contributed by atoms with van der Waals surface area (Å²) >= 11 is 0. The fraction of sp³-hybridized carbons (Fsp3) is 0.533. The van der Waals surface area contributed by atoms with Crippen LogP contribution in [-0.4, -0.2) is 17.5 Å². The van der Waals surface area contributed by atoms with Gasteiger partial charge in [0.25, 0.3) is 0 Å². The molecule has 0 radical (unpaired) electrons. The second kappa shape index (κ2) is 5.33. The summed E-state index contributed by atoms with van der Waals surface area (Å²) in [6.07, 6.45) is 2.61.